The van der Waals surface area contributed by atoms with E-state index < -0.39 is 0 Å². The highest BCUT2D eigenvalue weighted by molar-refractivity contribution is 7.13. The third kappa shape index (κ3) is 0.885. The highest BCUT2D eigenvalue weighted by atomic mass is 32.1. The van der Waals surface area contributed by atoms with Crippen LogP contribution in [-0.2, 0) is 0 Å². The minimum absolute atomic E-state index is 0.920. The molecule has 0 bridgehead atoms. The fourth-order valence-corrected chi connectivity index (χ4v) is 1.48. The molecule has 0 N–H and O–H groups in total. The standard InChI is InChI=1S/C7H6N2S/c1-2-4-8-7-6(3-1)9-5-10-7/h1,3-5H,2H2. The van der Waals surface area contributed by atoms with Crippen molar-refractivity contribution in [2.75, 3.05) is 0 Å². The third-order valence-corrected chi connectivity index (χ3v) is 2.05. The number of aromatic nitrogens is 1. The van der Waals surface area contributed by atoms with Gasteiger partial charge >= 0.3 is 0 Å². The second-order valence-corrected chi connectivity index (χ2v) is 2.83. The molecule has 2 rings (SSSR count). The van der Waals surface area contributed by atoms with E-state index in [0.717, 1.165) is 17.1 Å². The number of allylic oxidation sites excluding steroid dienone is 1. The molecule has 0 fully saturated rings. The Morgan fingerprint density at radius 3 is 3.50 bits per heavy atom. The predicted molar refractivity (Wildman–Crippen MR) is 43.9 cm³/mol. The summed E-state index contributed by atoms with van der Waals surface area (Å²) in [6, 6.07) is 0. The van der Waals surface area contributed by atoms with Crippen molar-refractivity contribution in [3.63, 3.8) is 0 Å². The van der Waals surface area contributed by atoms with Crippen LogP contribution in [0.1, 0.15) is 12.1 Å². The maximum atomic E-state index is 4.22. The second-order valence-electron chi connectivity index (χ2n) is 1.99. The van der Waals surface area contributed by atoms with Crippen molar-refractivity contribution in [1.29, 1.82) is 0 Å². The van der Waals surface area contributed by atoms with Gasteiger partial charge in [-0.25, -0.2) is 9.98 Å². The lowest BCUT2D eigenvalue weighted by Crippen LogP contribution is -1.65. The van der Waals surface area contributed by atoms with Crippen LogP contribution in [0.4, 0.5) is 5.00 Å². The summed E-state index contributed by atoms with van der Waals surface area (Å²) in [5.74, 6) is 0. The summed E-state index contributed by atoms with van der Waals surface area (Å²) in [4.78, 5) is 8.35. The van der Waals surface area contributed by atoms with Crippen LogP contribution in [0.25, 0.3) is 6.08 Å². The molecule has 0 atom stereocenters. The maximum absolute atomic E-state index is 4.22. The van der Waals surface area contributed by atoms with E-state index in [4.69, 9.17) is 0 Å². The predicted octanol–water partition coefficient (Wildman–Crippen LogP) is 2.26. The van der Waals surface area contributed by atoms with Gasteiger partial charge in [0.2, 0.25) is 0 Å². The highest BCUT2D eigenvalue weighted by Gasteiger charge is 2.00. The van der Waals surface area contributed by atoms with Gasteiger partial charge in [0.1, 0.15) is 5.00 Å². The van der Waals surface area contributed by atoms with E-state index in [9.17, 15) is 0 Å². The molecule has 2 nitrogen and oxygen atoms in total. The zero-order chi connectivity index (χ0) is 6.81. The Morgan fingerprint density at radius 2 is 2.50 bits per heavy atom. The lowest BCUT2D eigenvalue weighted by atomic mass is 10.4. The first-order valence-corrected chi connectivity index (χ1v) is 3.97. The molecular formula is C7H6N2S. The van der Waals surface area contributed by atoms with Gasteiger partial charge in [-0.05, 0) is 6.08 Å². The van der Waals surface area contributed by atoms with Gasteiger partial charge in [0.25, 0.3) is 0 Å². The van der Waals surface area contributed by atoms with Crippen molar-refractivity contribution in [2.24, 2.45) is 4.99 Å². The van der Waals surface area contributed by atoms with E-state index in [0.29, 0.717) is 0 Å². The van der Waals surface area contributed by atoms with Gasteiger partial charge in [-0.3, -0.25) is 0 Å². The molecule has 2 heterocycles. The van der Waals surface area contributed by atoms with Crippen molar-refractivity contribution < 1.29 is 0 Å². The average molecular weight is 150 g/mol. The van der Waals surface area contributed by atoms with E-state index in [2.05, 4.69) is 16.1 Å². The van der Waals surface area contributed by atoms with E-state index >= 15 is 0 Å². The average Bonchev–Trinajstić information content (AvgIpc) is 2.28. The minimum atomic E-state index is 0.920. The molecule has 0 spiro atoms. The lowest BCUT2D eigenvalue weighted by Gasteiger charge is -1.82. The first kappa shape index (κ1) is 5.80. The molecule has 1 aromatic rings. The van der Waals surface area contributed by atoms with Gasteiger partial charge in [-0.1, -0.05) is 6.08 Å². The number of aliphatic imine (C=N–C) groups is 1. The highest BCUT2D eigenvalue weighted by Crippen LogP contribution is 2.25. The molecule has 0 saturated heterocycles. The normalized spacial score (nSPS) is 14.8. The maximum Gasteiger partial charge on any atom is 0.142 e. The number of hydrogen-bond acceptors (Lipinski definition) is 3. The van der Waals surface area contributed by atoms with Crippen molar-refractivity contribution in [3.8, 4) is 0 Å². The van der Waals surface area contributed by atoms with E-state index in [-0.39, 0.29) is 0 Å². The second kappa shape index (κ2) is 2.34. The first-order chi connectivity index (χ1) is 4.97. The third-order valence-electron chi connectivity index (χ3n) is 1.30. The minimum Gasteiger partial charge on any atom is -0.248 e. The Hall–Kier alpha value is -0.960. The largest absolute Gasteiger partial charge is 0.248 e. The van der Waals surface area contributed by atoms with Crippen LogP contribution in [0, 0.1) is 0 Å². The molecule has 1 aromatic heterocycles. The molecule has 0 amide bonds. The molecule has 0 aromatic carbocycles. The van der Waals surface area contributed by atoms with Crippen molar-refractivity contribution in [2.45, 2.75) is 6.42 Å². The zero-order valence-corrected chi connectivity index (χ0v) is 6.14. The van der Waals surface area contributed by atoms with Crippen LogP contribution in [0.15, 0.2) is 16.6 Å². The fourth-order valence-electron chi connectivity index (χ4n) is 0.836. The number of fused-ring (bicyclic) bond motifs is 1. The van der Waals surface area contributed by atoms with Crippen LogP contribution in [-0.4, -0.2) is 11.2 Å². The Morgan fingerprint density at radius 1 is 1.50 bits per heavy atom. The molecule has 50 valence electrons. The molecule has 0 saturated carbocycles. The summed E-state index contributed by atoms with van der Waals surface area (Å²) in [7, 11) is 0. The number of nitrogens with zero attached hydrogens (tertiary/aromatic N) is 2. The molecule has 0 unspecified atom stereocenters. The van der Waals surface area contributed by atoms with Crippen LogP contribution < -0.4 is 0 Å². The quantitative estimate of drug-likeness (QED) is 0.557. The van der Waals surface area contributed by atoms with Gasteiger partial charge in [-0.2, -0.15) is 0 Å². The summed E-state index contributed by atoms with van der Waals surface area (Å²) >= 11 is 1.58. The van der Waals surface area contributed by atoms with Gasteiger partial charge in [0.05, 0.1) is 11.2 Å². The Labute approximate surface area is 63.0 Å². The molecule has 1 aliphatic rings. The fraction of sp³-hybridized carbons (Fsp3) is 0.143. The number of rotatable bonds is 0. The summed E-state index contributed by atoms with van der Waals surface area (Å²) in [5.41, 5.74) is 2.82. The SMILES string of the molecule is C1=Cc2ncsc2N=CC1. The smallest absolute Gasteiger partial charge is 0.142 e. The lowest BCUT2D eigenvalue weighted by molar-refractivity contribution is 1.37. The van der Waals surface area contributed by atoms with Crippen LogP contribution >= 0.6 is 11.3 Å². The number of thiazole rings is 1. The van der Waals surface area contributed by atoms with E-state index in [1.165, 1.54) is 0 Å². The summed E-state index contributed by atoms with van der Waals surface area (Å²) in [6.07, 6.45) is 6.90. The van der Waals surface area contributed by atoms with Crippen molar-refractivity contribution in [1.82, 2.24) is 4.98 Å². The summed E-state index contributed by atoms with van der Waals surface area (Å²) < 4.78 is 0. The van der Waals surface area contributed by atoms with Gasteiger partial charge in [0.15, 0.2) is 0 Å². The van der Waals surface area contributed by atoms with Crippen LogP contribution in [0.3, 0.4) is 0 Å². The van der Waals surface area contributed by atoms with Gasteiger partial charge in [-0.15, -0.1) is 11.3 Å². The molecule has 0 aliphatic carbocycles. The monoisotopic (exact) mass is 150 g/mol. The Bertz CT molecular complexity index is 259. The summed E-state index contributed by atoms with van der Waals surface area (Å²) in [6.45, 7) is 0. The zero-order valence-electron chi connectivity index (χ0n) is 5.32. The van der Waals surface area contributed by atoms with Crippen molar-refractivity contribution >= 4 is 28.6 Å². The molecule has 3 heteroatoms. The van der Waals surface area contributed by atoms with Crippen LogP contribution in [0.2, 0.25) is 0 Å². The first-order valence-electron chi connectivity index (χ1n) is 3.09. The molecular weight excluding hydrogens is 144 g/mol. The van der Waals surface area contributed by atoms with Crippen LogP contribution in [0.5, 0.6) is 0 Å². The van der Waals surface area contributed by atoms with Gasteiger partial charge < -0.3 is 0 Å². The Balaban J connectivity index is 2.56. The molecule has 1 aliphatic heterocycles. The van der Waals surface area contributed by atoms with E-state index in [1.54, 1.807) is 11.3 Å². The summed E-state index contributed by atoms with van der Waals surface area (Å²) in [5, 5.41) is 1.02. The van der Waals surface area contributed by atoms with Gasteiger partial charge in [0, 0.05) is 12.6 Å². The molecule has 0 radical (unpaired) electrons. The van der Waals surface area contributed by atoms with Crippen molar-refractivity contribution in [3.05, 3.63) is 17.3 Å². The topological polar surface area (TPSA) is 25.2 Å². The Kier molecular flexibility index (Phi) is 1.36. The van der Waals surface area contributed by atoms with E-state index in [1.807, 2.05) is 17.8 Å². The molecule has 10 heavy (non-hydrogen) atoms. The number of hydrogen-bond donors (Lipinski definition) is 0.